The van der Waals surface area contributed by atoms with Gasteiger partial charge in [-0.25, -0.2) is 18.2 Å². The highest BCUT2D eigenvalue weighted by atomic mass is 35.5. The third kappa shape index (κ3) is 1.95. The Balaban J connectivity index is 2.94. The predicted octanol–water partition coefficient (Wildman–Crippen LogP) is 1.18. The molecule has 8 heteroatoms. The lowest BCUT2D eigenvalue weighted by Gasteiger charge is -2.01. The van der Waals surface area contributed by atoms with Crippen LogP contribution in [-0.4, -0.2) is 37.1 Å². The maximum Gasteiger partial charge on any atom is 0.358 e. The number of hydrogen-bond donors (Lipinski definition) is 0. The summed E-state index contributed by atoms with van der Waals surface area (Å²) >= 11 is 5.91. The number of methoxy groups -OCH3 is 1. The fourth-order valence-corrected chi connectivity index (χ4v) is 2.55. The van der Waals surface area contributed by atoms with Gasteiger partial charge in [0.25, 0.3) is 0 Å². The molecule has 6 nitrogen and oxygen atoms in total. The minimum absolute atomic E-state index is 0.155. The van der Waals surface area contributed by atoms with Gasteiger partial charge in [0.2, 0.25) is 0 Å². The molecule has 2 heterocycles. The van der Waals surface area contributed by atoms with Crippen molar-refractivity contribution >= 4 is 33.1 Å². The molecule has 0 N–H and O–H groups in total. The van der Waals surface area contributed by atoms with Crippen molar-refractivity contribution in [1.82, 2.24) is 9.38 Å². The molecule has 0 bridgehead atoms. The van der Waals surface area contributed by atoms with Crippen LogP contribution in [0.4, 0.5) is 0 Å². The smallest absolute Gasteiger partial charge is 0.358 e. The lowest BCUT2D eigenvalue weighted by atomic mass is 10.4. The number of rotatable bonds is 2. The lowest BCUT2D eigenvalue weighted by Crippen LogP contribution is -2.11. The van der Waals surface area contributed by atoms with Gasteiger partial charge in [0.05, 0.1) is 12.1 Å². The molecular formula is C10H9ClN2O4S. The standard InChI is InChI=1S/C10H9ClN2O4S/c1-17-10(14)7-9(18(2,15)16)12-8-6(11)4-3-5-13(7)8/h3-5H,1-2H3. The number of ether oxygens (including phenoxy) is 1. The zero-order valence-corrected chi connectivity index (χ0v) is 11.1. The van der Waals surface area contributed by atoms with E-state index in [1.807, 2.05) is 0 Å². The Morgan fingerprint density at radius 3 is 2.72 bits per heavy atom. The van der Waals surface area contributed by atoms with E-state index < -0.39 is 15.8 Å². The van der Waals surface area contributed by atoms with E-state index in [-0.39, 0.29) is 21.4 Å². The molecule has 0 radical (unpaired) electrons. The fraction of sp³-hybridized carbons (Fsp3) is 0.200. The second kappa shape index (κ2) is 4.25. The number of imidazole rings is 1. The molecule has 0 unspecified atom stereocenters. The summed E-state index contributed by atoms with van der Waals surface area (Å²) in [6.07, 6.45) is 2.46. The van der Waals surface area contributed by atoms with Crippen LogP contribution in [0.1, 0.15) is 10.5 Å². The lowest BCUT2D eigenvalue weighted by molar-refractivity contribution is 0.0588. The maximum atomic E-state index is 11.7. The molecule has 0 spiro atoms. The van der Waals surface area contributed by atoms with Crippen LogP contribution in [0.25, 0.3) is 5.65 Å². The average Bonchev–Trinajstić information content (AvgIpc) is 2.68. The number of pyridine rings is 1. The molecule has 0 aliphatic carbocycles. The summed E-state index contributed by atoms with van der Waals surface area (Å²) in [6.45, 7) is 0. The van der Waals surface area contributed by atoms with E-state index >= 15 is 0 Å². The Morgan fingerprint density at radius 1 is 1.50 bits per heavy atom. The first-order chi connectivity index (χ1) is 8.36. The van der Waals surface area contributed by atoms with E-state index in [4.69, 9.17) is 11.6 Å². The van der Waals surface area contributed by atoms with Crippen LogP contribution >= 0.6 is 11.6 Å². The third-order valence-corrected chi connectivity index (χ3v) is 3.58. The van der Waals surface area contributed by atoms with Gasteiger partial charge >= 0.3 is 5.97 Å². The number of carbonyl (C=O) groups excluding carboxylic acids is 1. The van der Waals surface area contributed by atoms with Gasteiger partial charge in [-0.2, -0.15) is 0 Å². The Morgan fingerprint density at radius 2 is 2.17 bits per heavy atom. The zero-order chi connectivity index (χ0) is 13.5. The summed E-state index contributed by atoms with van der Waals surface area (Å²) in [5, 5.41) is -0.0972. The number of halogens is 1. The molecule has 2 rings (SSSR count). The van der Waals surface area contributed by atoms with Gasteiger partial charge in [0.1, 0.15) is 0 Å². The van der Waals surface area contributed by atoms with Crippen molar-refractivity contribution < 1.29 is 17.9 Å². The summed E-state index contributed by atoms with van der Waals surface area (Å²) in [5.74, 6) is -0.787. The van der Waals surface area contributed by atoms with Crippen molar-refractivity contribution in [3.63, 3.8) is 0 Å². The Kier molecular flexibility index (Phi) is 3.04. The van der Waals surface area contributed by atoms with Gasteiger partial charge < -0.3 is 4.74 Å². The highest BCUT2D eigenvalue weighted by Crippen LogP contribution is 2.23. The van der Waals surface area contributed by atoms with E-state index in [2.05, 4.69) is 9.72 Å². The van der Waals surface area contributed by atoms with Crippen molar-refractivity contribution in [1.29, 1.82) is 0 Å². The number of carbonyl (C=O) groups is 1. The van der Waals surface area contributed by atoms with Crippen LogP contribution < -0.4 is 0 Å². The number of esters is 1. The summed E-state index contributed by atoms with van der Waals surface area (Å²) in [4.78, 5) is 15.6. The SMILES string of the molecule is COC(=O)c1c(S(C)(=O)=O)nc2c(Cl)cccn12. The number of fused-ring (bicyclic) bond motifs is 1. The molecular weight excluding hydrogens is 280 g/mol. The van der Waals surface area contributed by atoms with Crippen LogP contribution in [0.3, 0.4) is 0 Å². The Bertz CT molecular complexity index is 736. The van der Waals surface area contributed by atoms with Gasteiger partial charge in [0, 0.05) is 12.5 Å². The second-order valence-corrected chi connectivity index (χ2v) is 5.92. The molecule has 2 aromatic heterocycles. The first-order valence-electron chi connectivity index (χ1n) is 4.81. The van der Waals surface area contributed by atoms with E-state index in [1.54, 1.807) is 12.1 Å². The zero-order valence-electron chi connectivity index (χ0n) is 9.55. The first kappa shape index (κ1) is 12.8. The summed E-state index contributed by atoms with van der Waals surface area (Å²) in [5.41, 5.74) is 0.0393. The summed E-state index contributed by atoms with van der Waals surface area (Å²) in [7, 11) is -2.49. The molecule has 0 aliphatic rings. The largest absolute Gasteiger partial charge is 0.464 e. The number of sulfone groups is 1. The summed E-state index contributed by atoms with van der Waals surface area (Å²) < 4.78 is 29.1. The highest BCUT2D eigenvalue weighted by molar-refractivity contribution is 7.90. The molecule has 0 saturated carbocycles. The molecule has 18 heavy (non-hydrogen) atoms. The summed E-state index contributed by atoms with van der Waals surface area (Å²) in [6, 6.07) is 3.13. The van der Waals surface area contributed by atoms with Gasteiger partial charge in [-0.3, -0.25) is 4.40 Å². The number of aromatic nitrogens is 2. The molecule has 96 valence electrons. The van der Waals surface area contributed by atoms with E-state index in [9.17, 15) is 13.2 Å². The Hall–Kier alpha value is -1.60. The van der Waals surface area contributed by atoms with Crippen LogP contribution in [0.15, 0.2) is 23.4 Å². The van der Waals surface area contributed by atoms with E-state index in [0.717, 1.165) is 6.26 Å². The normalized spacial score (nSPS) is 11.7. The molecule has 0 aromatic carbocycles. The number of hydrogen-bond acceptors (Lipinski definition) is 5. The first-order valence-corrected chi connectivity index (χ1v) is 7.08. The highest BCUT2D eigenvalue weighted by Gasteiger charge is 2.27. The van der Waals surface area contributed by atoms with Crippen molar-refractivity contribution in [2.24, 2.45) is 0 Å². The molecule has 0 saturated heterocycles. The second-order valence-electron chi connectivity index (χ2n) is 3.58. The Labute approximate surface area is 108 Å². The molecule has 0 atom stereocenters. The fourth-order valence-electron chi connectivity index (χ4n) is 1.55. The number of nitrogens with zero attached hydrogens (tertiary/aromatic N) is 2. The molecule has 2 aromatic rings. The van der Waals surface area contributed by atoms with Crippen molar-refractivity contribution in [3.8, 4) is 0 Å². The van der Waals surface area contributed by atoms with E-state index in [0.29, 0.717) is 0 Å². The van der Waals surface area contributed by atoms with Crippen molar-refractivity contribution in [2.45, 2.75) is 5.03 Å². The van der Waals surface area contributed by atoms with Crippen LogP contribution in [-0.2, 0) is 14.6 Å². The molecule has 0 fully saturated rings. The van der Waals surface area contributed by atoms with Gasteiger partial charge in [-0.1, -0.05) is 11.6 Å². The van der Waals surface area contributed by atoms with Gasteiger partial charge in [-0.15, -0.1) is 0 Å². The monoisotopic (exact) mass is 288 g/mol. The van der Waals surface area contributed by atoms with Crippen LogP contribution in [0.5, 0.6) is 0 Å². The van der Waals surface area contributed by atoms with Gasteiger partial charge in [0.15, 0.2) is 26.2 Å². The topological polar surface area (TPSA) is 77.7 Å². The minimum atomic E-state index is -3.66. The van der Waals surface area contributed by atoms with Gasteiger partial charge in [-0.05, 0) is 12.1 Å². The predicted molar refractivity (Wildman–Crippen MR) is 64.7 cm³/mol. The van der Waals surface area contributed by atoms with Crippen molar-refractivity contribution in [3.05, 3.63) is 29.0 Å². The van der Waals surface area contributed by atoms with Crippen molar-refractivity contribution in [2.75, 3.05) is 13.4 Å². The van der Waals surface area contributed by atoms with Crippen LogP contribution in [0.2, 0.25) is 5.02 Å². The van der Waals surface area contributed by atoms with E-state index in [1.165, 1.54) is 17.7 Å². The van der Waals surface area contributed by atoms with Crippen LogP contribution in [0, 0.1) is 0 Å². The minimum Gasteiger partial charge on any atom is -0.464 e. The quantitative estimate of drug-likeness (QED) is 0.775. The molecule has 0 aliphatic heterocycles. The average molecular weight is 289 g/mol. The third-order valence-electron chi connectivity index (χ3n) is 2.30. The maximum absolute atomic E-state index is 11.7. The molecule has 0 amide bonds.